The average Bonchev–Trinajstić information content (AvgIpc) is 3.30. The summed E-state index contributed by atoms with van der Waals surface area (Å²) < 4.78 is 76.1. The molecule has 0 aromatic heterocycles. The predicted octanol–water partition coefficient (Wildman–Crippen LogP) is 3.61. The van der Waals surface area contributed by atoms with Crippen molar-refractivity contribution in [3.63, 3.8) is 0 Å². The molecule has 0 saturated carbocycles. The second kappa shape index (κ2) is 6.42. The zero-order valence-corrected chi connectivity index (χ0v) is 14.9. The molecule has 2 aliphatic heterocycles. The van der Waals surface area contributed by atoms with Gasteiger partial charge in [-0.25, -0.2) is 8.42 Å². The molecule has 1 atom stereocenters. The van der Waals surface area contributed by atoms with Crippen LogP contribution in [0.4, 0.5) is 13.2 Å². The van der Waals surface area contributed by atoms with E-state index < -0.39 is 21.8 Å². The number of hydrogen-bond acceptors (Lipinski definition) is 4. The molecule has 2 heterocycles. The highest BCUT2D eigenvalue weighted by molar-refractivity contribution is 7.89. The van der Waals surface area contributed by atoms with Crippen LogP contribution in [0.2, 0.25) is 0 Å². The number of sulfonamides is 1. The van der Waals surface area contributed by atoms with Crippen LogP contribution in [0.5, 0.6) is 11.5 Å². The van der Waals surface area contributed by atoms with Crippen molar-refractivity contribution < 1.29 is 31.1 Å². The van der Waals surface area contributed by atoms with Crippen molar-refractivity contribution in [1.82, 2.24) is 4.31 Å². The molecular weight excluding hydrogens is 383 g/mol. The van der Waals surface area contributed by atoms with E-state index in [1.54, 1.807) is 6.07 Å². The molecule has 0 unspecified atom stereocenters. The van der Waals surface area contributed by atoms with Crippen molar-refractivity contribution in [2.75, 3.05) is 19.9 Å². The molecule has 0 aliphatic carbocycles. The van der Waals surface area contributed by atoms with E-state index in [1.807, 2.05) is 12.1 Å². The third kappa shape index (κ3) is 3.37. The molecule has 2 aliphatic rings. The van der Waals surface area contributed by atoms with Gasteiger partial charge in [0, 0.05) is 13.1 Å². The van der Waals surface area contributed by atoms with Crippen LogP contribution in [0.1, 0.15) is 23.5 Å². The summed E-state index contributed by atoms with van der Waals surface area (Å²) in [6.45, 7) is 0.607. The van der Waals surface area contributed by atoms with Gasteiger partial charge in [-0.2, -0.15) is 17.5 Å². The molecular formula is C18H16F3NO4S. The minimum Gasteiger partial charge on any atom is -0.454 e. The van der Waals surface area contributed by atoms with Gasteiger partial charge in [-0.1, -0.05) is 12.1 Å². The topological polar surface area (TPSA) is 55.8 Å². The number of halogens is 3. The van der Waals surface area contributed by atoms with E-state index in [4.69, 9.17) is 9.47 Å². The highest BCUT2D eigenvalue weighted by Crippen LogP contribution is 2.38. The van der Waals surface area contributed by atoms with Gasteiger partial charge in [0.1, 0.15) is 0 Å². The molecule has 27 heavy (non-hydrogen) atoms. The van der Waals surface area contributed by atoms with Crippen LogP contribution in [0.3, 0.4) is 0 Å². The Balaban J connectivity index is 1.56. The average molecular weight is 399 g/mol. The maximum atomic E-state index is 12.9. The molecule has 1 saturated heterocycles. The largest absolute Gasteiger partial charge is 0.454 e. The van der Waals surface area contributed by atoms with Crippen LogP contribution in [0.15, 0.2) is 47.4 Å². The monoisotopic (exact) mass is 399 g/mol. The van der Waals surface area contributed by atoms with Gasteiger partial charge in [0.25, 0.3) is 0 Å². The molecule has 0 bridgehead atoms. The number of hydrogen-bond donors (Lipinski definition) is 0. The van der Waals surface area contributed by atoms with E-state index in [1.165, 1.54) is 10.4 Å². The van der Waals surface area contributed by atoms with Crippen molar-refractivity contribution in [1.29, 1.82) is 0 Å². The molecule has 0 radical (unpaired) electrons. The van der Waals surface area contributed by atoms with Gasteiger partial charge in [0.05, 0.1) is 10.5 Å². The summed E-state index contributed by atoms with van der Waals surface area (Å²) in [5.74, 6) is 1.21. The van der Waals surface area contributed by atoms with Gasteiger partial charge in [-0.05, 0) is 48.2 Å². The Morgan fingerprint density at radius 3 is 2.59 bits per heavy atom. The number of benzene rings is 2. The first-order chi connectivity index (χ1) is 12.7. The Morgan fingerprint density at radius 2 is 1.81 bits per heavy atom. The summed E-state index contributed by atoms with van der Waals surface area (Å²) in [7, 11) is -4.00. The lowest BCUT2D eigenvalue weighted by Crippen LogP contribution is -2.29. The van der Waals surface area contributed by atoms with Crippen LogP contribution in [0, 0.1) is 0 Å². The number of rotatable bonds is 3. The quantitative estimate of drug-likeness (QED) is 0.791. The number of nitrogens with zero attached hydrogens (tertiary/aromatic N) is 1. The Hall–Kier alpha value is -2.26. The summed E-state index contributed by atoms with van der Waals surface area (Å²) in [5.41, 5.74) is -0.0592. The predicted molar refractivity (Wildman–Crippen MR) is 90.1 cm³/mol. The van der Waals surface area contributed by atoms with Crippen LogP contribution in [-0.4, -0.2) is 32.6 Å². The number of fused-ring (bicyclic) bond motifs is 1. The van der Waals surface area contributed by atoms with Crippen LogP contribution < -0.4 is 9.47 Å². The summed E-state index contributed by atoms with van der Waals surface area (Å²) in [6.07, 6.45) is -4.01. The minimum absolute atomic E-state index is 0.0555. The zero-order valence-electron chi connectivity index (χ0n) is 14.1. The molecule has 5 nitrogen and oxygen atoms in total. The smallest absolute Gasteiger partial charge is 0.416 e. The first-order valence-corrected chi connectivity index (χ1v) is 9.76. The fourth-order valence-electron chi connectivity index (χ4n) is 3.37. The third-order valence-electron chi connectivity index (χ3n) is 4.82. The molecule has 0 spiro atoms. The van der Waals surface area contributed by atoms with Crippen LogP contribution >= 0.6 is 0 Å². The maximum absolute atomic E-state index is 12.9. The molecule has 0 N–H and O–H groups in total. The summed E-state index contributed by atoms with van der Waals surface area (Å²) in [5, 5.41) is 0. The molecule has 2 aromatic carbocycles. The van der Waals surface area contributed by atoms with Crippen molar-refractivity contribution in [2.24, 2.45) is 0 Å². The first kappa shape index (κ1) is 18.1. The van der Waals surface area contributed by atoms with Gasteiger partial charge in [-0.15, -0.1) is 0 Å². The maximum Gasteiger partial charge on any atom is 0.416 e. The second-order valence-corrected chi connectivity index (χ2v) is 8.42. The summed E-state index contributed by atoms with van der Waals surface area (Å²) in [4.78, 5) is -0.344. The normalized spacial score (nSPS) is 20.2. The van der Waals surface area contributed by atoms with E-state index in [0.29, 0.717) is 24.0 Å². The lowest BCUT2D eigenvalue weighted by Gasteiger charge is -2.18. The van der Waals surface area contributed by atoms with Crippen molar-refractivity contribution in [2.45, 2.75) is 23.4 Å². The van der Waals surface area contributed by atoms with E-state index in [2.05, 4.69) is 0 Å². The van der Waals surface area contributed by atoms with E-state index >= 15 is 0 Å². The molecule has 9 heteroatoms. The fourth-order valence-corrected chi connectivity index (χ4v) is 4.91. The van der Waals surface area contributed by atoms with E-state index in [9.17, 15) is 21.6 Å². The Kier molecular flexibility index (Phi) is 4.31. The first-order valence-electron chi connectivity index (χ1n) is 8.32. The van der Waals surface area contributed by atoms with Crippen LogP contribution in [0.25, 0.3) is 0 Å². The molecule has 0 amide bonds. The molecule has 4 rings (SSSR count). The minimum atomic E-state index is -4.59. The van der Waals surface area contributed by atoms with Gasteiger partial charge in [0.2, 0.25) is 16.8 Å². The van der Waals surface area contributed by atoms with Gasteiger partial charge in [0.15, 0.2) is 11.5 Å². The number of ether oxygens (including phenoxy) is 2. The zero-order chi connectivity index (χ0) is 19.2. The van der Waals surface area contributed by atoms with E-state index in [0.717, 1.165) is 17.7 Å². The van der Waals surface area contributed by atoms with Crippen LogP contribution in [-0.2, 0) is 16.2 Å². The van der Waals surface area contributed by atoms with Crippen molar-refractivity contribution >= 4 is 10.0 Å². The fraction of sp³-hybridized carbons (Fsp3) is 0.333. The van der Waals surface area contributed by atoms with Crippen molar-refractivity contribution in [3.05, 3.63) is 53.6 Å². The standard InChI is InChI=1S/C18H16F3NO4S/c19-18(20,21)14-2-1-3-15(9-14)27(23,24)22-7-6-13(10-22)12-4-5-16-17(8-12)26-11-25-16/h1-5,8-9,13H,6-7,10-11H2/t13-/m0/s1. The lowest BCUT2D eigenvalue weighted by atomic mass is 9.98. The summed E-state index contributed by atoms with van der Waals surface area (Å²) in [6, 6.07) is 9.31. The molecule has 2 aromatic rings. The molecule has 144 valence electrons. The van der Waals surface area contributed by atoms with Crippen molar-refractivity contribution in [3.8, 4) is 11.5 Å². The Morgan fingerprint density at radius 1 is 1.04 bits per heavy atom. The Labute approximate surface area is 154 Å². The molecule has 1 fully saturated rings. The third-order valence-corrected chi connectivity index (χ3v) is 6.68. The van der Waals surface area contributed by atoms with Gasteiger partial charge >= 0.3 is 6.18 Å². The lowest BCUT2D eigenvalue weighted by molar-refractivity contribution is -0.137. The Bertz CT molecular complexity index is 975. The van der Waals surface area contributed by atoms with Gasteiger partial charge < -0.3 is 9.47 Å². The second-order valence-electron chi connectivity index (χ2n) is 6.49. The number of alkyl halides is 3. The summed E-state index contributed by atoms with van der Waals surface area (Å²) >= 11 is 0. The SMILES string of the molecule is O=S(=O)(c1cccc(C(F)(F)F)c1)N1CC[C@H](c2ccc3c(c2)OCO3)C1. The van der Waals surface area contributed by atoms with Gasteiger partial charge in [-0.3, -0.25) is 0 Å². The van der Waals surface area contributed by atoms with E-state index in [-0.39, 0.29) is 30.7 Å². The highest BCUT2D eigenvalue weighted by atomic mass is 32.2. The highest BCUT2D eigenvalue weighted by Gasteiger charge is 2.36.